The van der Waals surface area contributed by atoms with Gasteiger partial charge in [0.15, 0.2) is 0 Å². The molecule has 0 saturated carbocycles. The molecule has 0 aromatic heterocycles. The van der Waals surface area contributed by atoms with Crippen LogP contribution in [0.4, 0.5) is 16.2 Å². The third-order valence-corrected chi connectivity index (χ3v) is 6.77. The molecule has 1 N–H and O–H groups in total. The first kappa shape index (κ1) is 24.3. The molecule has 0 radical (unpaired) electrons. The molecule has 2 aromatic carbocycles. The van der Waals surface area contributed by atoms with E-state index in [1.807, 2.05) is 18.2 Å². The van der Waals surface area contributed by atoms with Gasteiger partial charge < -0.3 is 14.4 Å². The summed E-state index contributed by atoms with van der Waals surface area (Å²) in [6.45, 7) is 9.71. The number of anilines is 2. The fraction of sp³-hybridized carbons (Fsp3) is 0.370. The van der Waals surface area contributed by atoms with Crippen molar-refractivity contribution in [2.24, 2.45) is 0 Å². The van der Waals surface area contributed by atoms with Crippen molar-refractivity contribution in [3.63, 3.8) is 0 Å². The fourth-order valence-electron chi connectivity index (χ4n) is 5.21. The molecule has 0 bridgehead atoms. The number of carbonyl (C=O) groups excluding carboxylic acids is 3. The van der Waals surface area contributed by atoms with Gasteiger partial charge in [-0.2, -0.15) is 0 Å². The van der Waals surface area contributed by atoms with E-state index in [0.717, 1.165) is 29.1 Å². The van der Waals surface area contributed by atoms with Gasteiger partial charge in [-0.3, -0.25) is 14.9 Å². The molecule has 8 heteroatoms. The Kier molecular flexibility index (Phi) is 6.32. The lowest BCUT2D eigenvalue weighted by Gasteiger charge is -2.47. The van der Waals surface area contributed by atoms with Crippen LogP contribution in [-0.2, 0) is 9.59 Å². The standard InChI is InChI=1S/C27H31N3O5/c1-7-29-21-10-8-17(12-19(21)16(2)15-27(29,3)4)13-20-24(31)28-26(33)30(25(20)32)22-11-9-18(34-5)14-23(22)35-6/h8-14,16H,7,15H2,1-6H3,(H,28,31,33)/b20-13+. The Morgan fingerprint density at radius 3 is 2.43 bits per heavy atom. The number of nitrogens with zero attached hydrogens (tertiary/aromatic N) is 2. The van der Waals surface area contributed by atoms with E-state index in [4.69, 9.17) is 9.47 Å². The highest BCUT2D eigenvalue weighted by Crippen LogP contribution is 2.43. The van der Waals surface area contributed by atoms with E-state index in [1.54, 1.807) is 18.2 Å². The van der Waals surface area contributed by atoms with Crippen molar-refractivity contribution in [1.82, 2.24) is 5.32 Å². The van der Waals surface area contributed by atoms with Crippen molar-refractivity contribution < 1.29 is 23.9 Å². The smallest absolute Gasteiger partial charge is 0.336 e. The van der Waals surface area contributed by atoms with Crippen LogP contribution in [-0.4, -0.2) is 44.1 Å². The monoisotopic (exact) mass is 477 g/mol. The van der Waals surface area contributed by atoms with Crippen molar-refractivity contribution in [2.75, 3.05) is 30.6 Å². The molecule has 0 aliphatic carbocycles. The number of benzene rings is 2. The highest BCUT2D eigenvalue weighted by molar-refractivity contribution is 6.39. The predicted octanol–water partition coefficient (Wildman–Crippen LogP) is 4.48. The number of imide groups is 2. The predicted molar refractivity (Wildman–Crippen MR) is 135 cm³/mol. The maximum absolute atomic E-state index is 13.4. The van der Waals surface area contributed by atoms with Gasteiger partial charge in [0.2, 0.25) is 0 Å². The minimum atomic E-state index is -0.833. The van der Waals surface area contributed by atoms with Gasteiger partial charge in [0.05, 0.1) is 19.9 Å². The molecular weight excluding hydrogens is 446 g/mol. The first-order valence-corrected chi connectivity index (χ1v) is 11.7. The quantitative estimate of drug-likeness (QED) is 0.505. The number of carbonyl (C=O) groups is 3. The molecule has 184 valence electrons. The minimum Gasteiger partial charge on any atom is -0.497 e. The van der Waals surface area contributed by atoms with Crippen molar-refractivity contribution >= 4 is 35.3 Å². The average molecular weight is 478 g/mol. The summed E-state index contributed by atoms with van der Waals surface area (Å²) in [5.41, 5.74) is 3.19. The van der Waals surface area contributed by atoms with Gasteiger partial charge in [-0.25, -0.2) is 9.69 Å². The van der Waals surface area contributed by atoms with E-state index in [-0.39, 0.29) is 22.5 Å². The van der Waals surface area contributed by atoms with Gasteiger partial charge in [0, 0.05) is 23.8 Å². The fourth-order valence-corrected chi connectivity index (χ4v) is 5.21. The SMILES string of the molecule is CCN1c2ccc(/C=C3\C(=O)NC(=O)N(c4ccc(OC)cc4OC)C3=O)cc2C(C)CC1(C)C. The van der Waals surface area contributed by atoms with E-state index >= 15 is 0 Å². The summed E-state index contributed by atoms with van der Waals surface area (Å²) in [5.74, 6) is -0.352. The summed E-state index contributed by atoms with van der Waals surface area (Å²) < 4.78 is 10.6. The van der Waals surface area contributed by atoms with Crippen molar-refractivity contribution in [3.05, 3.63) is 53.1 Å². The number of rotatable bonds is 5. The third kappa shape index (κ3) is 4.24. The van der Waals surface area contributed by atoms with Crippen LogP contribution in [0.3, 0.4) is 0 Å². The summed E-state index contributed by atoms with van der Waals surface area (Å²) in [4.78, 5) is 42.0. The van der Waals surface area contributed by atoms with E-state index in [1.165, 1.54) is 25.9 Å². The maximum atomic E-state index is 13.4. The zero-order valence-electron chi connectivity index (χ0n) is 21.0. The average Bonchev–Trinajstić information content (AvgIpc) is 2.81. The molecule has 4 rings (SSSR count). The molecule has 4 amide bonds. The second-order valence-corrected chi connectivity index (χ2v) is 9.48. The first-order chi connectivity index (χ1) is 16.6. The summed E-state index contributed by atoms with van der Waals surface area (Å²) in [7, 11) is 2.94. The Labute approximate surface area is 205 Å². The molecule has 2 aromatic rings. The highest BCUT2D eigenvalue weighted by Gasteiger charge is 2.39. The highest BCUT2D eigenvalue weighted by atomic mass is 16.5. The van der Waals surface area contributed by atoms with E-state index in [0.29, 0.717) is 11.7 Å². The number of amides is 4. The maximum Gasteiger partial charge on any atom is 0.336 e. The molecule has 2 aliphatic rings. The topological polar surface area (TPSA) is 88.2 Å². The molecule has 0 spiro atoms. The molecule has 35 heavy (non-hydrogen) atoms. The number of methoxy groups -OCH3 is 2. The van der Waals surface area contributed by atoms with Crippen LogP contribution in [0.2, 0.25) is 0 Å². The van der Waals surface area contributed by atoms with Crippen molar-refractivity contribution in [1.29, 1.82) is 0 Å². The second kappa shape index (κ2) is 9.09. The molecule has 1 saturated heterocycles. The summed E-state index contributed by atoms with van der Waals surface area (Å²) in [5, 5.41) is 2.27. The molecular formula is C27H31N3O5. The van der Waals surface area contributed by atoms with E-state index < -0.39 is 17.8 Å². The van der Waals surface area contributed by atoms with Crippen LogP contribution in [0, 0.1) is 0 Å². The zero-order chi connectivity index (χ0) is 25.5. The Bertz CT molecular complexity index is 1230. The van der Waals surface area contributed by atoms with Gasteiger partial charge in [-0.05, 0) is 74.6 Å². The van der Waals surface area contributed by atoms with Gasteiger partial charge in [0.1, 0.15) is 17.1 Å². The number of barbiturate groups is 1. The Morgan fingerprint density at radius 1 is 1.06 bits per heavy atom. The largest absolute Gasteiger partial charge is 0.497 e. The number of nitrogens with one attached hydrogen (secondary N) is 1. The number of fused-ring (bicyclic) bond motifs is 1. The molecule has 1 fully saturated rings. The molecule has 1 atom stereocenters. The van der Waals surface area contributed by atoms with Gasteiger partial charge in [0.25, 0.3) is 11.8 Å². The first-order valence-electron chi connectivity index (χ1n) is 11.7. The van der Waals surface area contributed by atoms with Crippen LogP contribution in [0.5, 0.6) is 11.5 Å². The lowest BCUT2D eigenvalue weighted by atomic mass is 9.79. The third-order valence-electron chi connectivity index (χ3n) is 6.77. The number of urea groups is 1. The van der Waals surface area contributed by atoms with Crippen LogP contribution < -0.4 is 24.6 Å². The normalized spacial score (nSPS) is 20.6. The van der Waals surface area contributed by atoms with Crippen LogP contribution in [0.25, 0.3) is 6.08 Å². The van der Waals surface area contributed by atoms with Gasteiger partial charge in [-0.15, -0.1) is 0 Å². The molecule has 8 nitrogen and oxygen atoms in total. The summed E-state index contributed by atoms with van der Waals surface area (Å²) in [6, 6.07) is 9.87. The second-order valence-electron chi connectivity index (χ2n) is 9.48. The van der Waals surface area contributed by atoms with Crippen LogP contribution in [0.1, 0.15) is 51.2 Å². The number of hydrogen-bond donors (Lipinski definition) is 1. The van der Waals surface area contributed by atoms with Gasteiger partial charge >= 0.3 is 6.03 Å². The van der Waals surface area contributed by atoms with Crippen LogP contribution in [0.15, 0.2) is 42.0 Å². The van der Waals surface area contributed by atoms with E-state index in [9.17, 15) is 14.4 Å². The van der Waals surface area contributed by atoms with Gasteiger partial charge in [-0.1, -0.05) is 13.0 Å². The zero-order valence-corrected chi connectivity index (χ0v) is 21.0. The molecule has 1 unspecified atom stereocenters. The summed E-state index contributed by atoms with van der Waals surface area (Å²) in [6.07, 6.45) is 2.53. The van der Waals surface area contributed by atoms with E-state index in [2.05, 4.69) is 37.9 Å². The molecule has 2 heterocycles. The number of ether oxygens (including phenoxy) is 2. The Hall–Kier alpha value is -3.81. The van der Waals surface area contributed by atoms with Crippen molar-refractivity contribution in [3.8, 4) is 11.5 Å². The van der Waals surface area contributed by atoms with Crippen molar-refractivity contribution in [2.45, 2.75) is 45.6 Å². The number of hydrogen-bond acceptors (Lipinski definition) is 6. The Balaban J connectivity index is 1.74. The molecule has 2 aliphatic heterocycles. The summed E-state index contributed by atoms with van der Waals surface area (Å²) >= 11 is 0. The lowest BCUT2D eigenvalue weighted by molar-refractivity contribution is -0.122. The lowest BCUT2D eigenvalue weighted by Crippen LogP contribution is -2.54. The Morgan fingerprint density at radius 2 is 1.77 bits per heavy atom. The van der Waals surface area contributed by atoms with Crippen LogP contribution >= 0.6 is 0 Å². The minimum absolute atomic E-state index is 0.0403.